The number of carbonyl (C=O) groups excluding carboxylic acids is 3. The van der Waals surface area contributed by atoms with Crippen LogP contribution in [0.3, 0.4) is 0 Å². The van der Waals surface area contributed by atoms with E-state index in [0.717, 1.165) is 103 Å². The van der Waals surface area contributed by atoms with Crippen LogP contribution in [0.1, 0.15) is 201 Å². The van der Waals surface area contributed by atoms with Crippen LogP contribution in [-0.4, -0.2) is 89.2 Å². The van der Waals surface area contributed by atoms with Gasteiger partial charge in [0.25, 0.3) is 0 Å². The van der Waals surface area contributed by atoms with Gasteiger partial charge in [0.15, 0.2) is 24.6 Å². The van der Waals surface area contributed by atoms with E-state index in [9.17, 15) is 34.5 Å². The number of unbranched alkanes of at least 4 members (excludes halogenated alkanes) is 13. The molecule has 1 rings (SSSR count). The lowest BCUT2D eigenvalue weighted by Crippen LogP contribution is -2.61. The molecule has 0 aromatic carbocycles. The third-order valence-corrected chi connectivity index (χ3v) is 11.8. The molecule has 0 spiro atoms. The van der Waals surface area contributed by atoms with Crippen molar-refractivity contribution in [3.8, 4) is 0 Å². The second-order valence-electron chi connectivity index (χ2n) is 18.5. The fourth-order valence-corrected chi connectivity index (χ4v) is 7.63. The summed E-state index contributed by atoms with van der Waals surface area (Å²) in [6.07, 6.45) is 52.2. The summed E-state index contributed by atoms with van der Waals surface area (Å²) in [5.41, 5.74) is 0. The quantitative estimate of drug-likeness (QED) is 0.0228. The highest BCUT2D eigenvalue weighted by Crippen LogP contribution is 2.26. The molecule has 1 aliphatic rings. The topological polar surface area (TPSA) is 175 Å². The van der Waals surface area contributed by atoms with E-state index >= 15 is 0 Å². The first-order valence-electron chi connectivity index (χ1n) is 27.9. The van der Waals surface area contributed by atoms with E-state index in [4.69, 9.17) is 23.7 Å². The molecule has 0 aromatic rings. The number of allylic oxidation sites excluding steroid dienone is 18. The van der Waals surface area contributed by atoms with Crippen LogP contribution in [0, 0.1) is 0 Å². The Kier molecular flexibility index (Phi) is 44.0. The van der Waals surface area contributed by atoms with Crippen LogP contribution in [0.2, 0.25) is 0 Å². The van der Waals surface area contributed by atoms with Crippen LogP contribution in [-0.2, 0) is 42.9 Å². The first kappa shape index (κ1) is 66.4. The van der Waals surface area contributed by atoms with Crippen LogP contribution in [0.25, 0.3) is 0 Å². The predicted molar refractivity (Wildman–Crippen MR) is 294 cm³/mol. The monoisotopic (exact) mass is 1020 g/mol. The second-order valence-corrected chi connectivity index (χ2v) is 18.5. The van der Waals surface area contributed by atoms with Gasteiger partial charge in [-0.1, -0.05) is 194 Å². The van der Waals surface area contributed by atoms with Crippen molar-refractivity contribution >= 4 is 23.9 Å². The fraction of sp³-hybridized carbons (Fsp3) is 0.639. The number of carboxylic acid groups (broad SMARTS) is 1. The summed E-state index contributed by atoms with van der Waals surface area (Å²) in [5, 5.41) is 31.4. The number of carboxylic acids is 1. The van der Waals surface area contributed by atoms with Gasteiger partial charge in [0, 0.05) is 19.3 Å². The fourth-order valence-electron chi connectivity index (χ4n) is 7.63. The van der Waals surface area contributed by atoms with Crippen LogP contribution < -0.4 is 0 Å². The minimum atomic E-state index is -1.92. The molecule has 0 bridgehead atoms. The molecule has 0 aliphatic carbocycles. The van der Waals surface area contributed by atoms with E-state index in [2.05, 4.69) is 124 Å². The third-order valence-electron chi connectivity index (χ3n) is 11.8. The highest BCUT2D eigenvalue weighted by Gasteiger charge is 2.50. The van der Waals surface area contributed by atoms with Crippen molar-refractivity contribution in [2.75, 3.05) is 13.2 Å². The third kappa shape index (κ3) is 38.6. The van der Waals surface area contributed by atoms with Gasteiger partial charge in [-0.2, -0.15) is 0 Å². The van der Waals surface area contributed by atoms with Gasteiger partial charge in [0.1, 0.15) is 18.8 Å². The Morgan fingerprint density at radius 2 is 0.877 bits per heavy atom. The lowest BCUT2D eigenvalue weighted by molar-refractivity contribution is -0.301. The maximum Gasteiger partial charge on any atom is 0.335 e. The van der Waals surface area contributed by atoms with E-state index in [1.807, 2.05) is 6.08 Å². The Morgan fingerprint density at radius 1 is 0.466 bits per heavy atom. The Balaban J connectivity index is 2.73. The minimum absolute atomic E-state index is 0.0223. The van der Waals surface area contributed by atoms with Crippen LogP contribution in [0.15, 0.2) is 109 Å². The van der Waals surface area contributed by atoms with Crippen molar-refractivity contribution in [2.45, 2.75) is 237 Å². The van der Waals surface area contributed by atoms with Gasteiger partial charge in [-0.25, -0.2) is 4.79 Å². The van der Waals surface area contributed by atoms with E-state index < -0.39 is 67.3 Å². The molecule has 0 saturated carbocycles. The number of ether oxygens (including phenoxy) is 5. The zero-order valence-corrected chi connectivity index (χ0v) is 45.1. The molecule has 0 amide bonds. The number of aliphatic hydroxyl groups is 2. The molecule has 12 nitrogen and oxygen atoms in total. The summed E-state index contributed by atoms with van der Waals surface area (Å²) < 4.78 is 28.2. The standard InChI is InChI=1S/C61H96O12/c1-4-7-10-13-16-19-21-23-25-27-29-31-33-36-38-41-44-47-53(62)69-50-52(71-54(63)48-45-42-39-35-18-15-12-9-6-3)51-70-61-59(57(66)56(65)58(73-61)60(67)68)72-55(64)49-46-43-40-37-34-32-30-28-26-24-22-20-17-14-11-8-5-2/h7-8,10-11,16-17,19-20,23-26,29-32,36,38,52,56-59,61,65-66H,4-6,9,12-15,18,21-22,27-28,33-35,37,39-51H2,1-3H3,(H,67,68)/b10-7-,11-8-,19-16-,20-17-,25-23-,26-24-,31-29-,32-30-,38-36-. The summed E-state index contributed by atoms with van der Waals surface area (Å²) in [4.78, 5) is 50.9. The first-order chi connectivity index (χ1) is 35.6. The summed E-state index contributed by atoms with van der Waals surface area (Å²) in [6, 6.07) is 0. The van der Waals surface area contributed by atoms with Crippen molar-refractivity contribution in [1.29, 1.82) is 0 Å². The summed E-state index contributed by atoms with van der Waals surface area (Å²) in [5.74, 6) is -3.25. The smallest absolute Gasteiger partial charge is 0.335 e. The van der Waals surface area contributed by atoms with Crippen molar-refractivity contribution in [3.05, 3.63) is 109 Å². The normalized spacial score (nSPS) is 19.2. The Morgan fingerprint density at radius 3 is 1.36 bits per heavy atom. The van der Waals surface area contributed by atoms with Gasteiger partial charge < -0.3 is 39.0 Å². The van der Waals surface area contributed by atoms with Crippen molar-refractivity contribution in [1.82, 2.24) is 0 Å². The van der Waals surface area contributed by atoms with Crippen LogP contribution >= 0.6 is 0 Å². The SMILES string of the molecule is CC/C=C\C/C=C\C/C=C\C/C=C\C/C=C\CCCC(=O)OCC(COC1OC(C(=O)O)C(O)C(O)C1OC(=O)CCCCCC/C=C\C/C=C\C/C=C\C/C=C\CC)OC(=O)CCCCCCCCCCC. The number of hydrogen-bond donors (Lipinski definition) is 3. The molecule has 3 N–H and O–H groups in total. The molecule has 0 radical (unpaired) electrons. The molecular weight excluding hydrogens is 925 g/mol. The van der Waals surface area contributed by atoms with Gasteiger partial charge in [-0.15, -0.1) is 0 Å². The maximum absolute atomic E-state index is 13.0. The van der Waals surface area contributed by atoms with Gasteiger partial charge in [-0.3, -0.25) is 14.4 Å². The average molecular weight is 1020 g/mol. The molecule has 1 fully saturated rings. The van der Waals surface area contributed by atoms with Gasteiger partial charge in [-0.05, 0) is 96.3 Å². The number of carbonyl (C=O) groups is 4. The number of hydrogen-bond acceptors (Lipinski definition) is 11. The molecule has 12 heteroatoms. The van der Waals surface area contributed by atoms with Gasteiger partial charge >= 0.3 is 23.9 Å². The number of rotatable bonds is 45. The molecule has 412 valence electrons. The molecule has 6 unspecified atom stereocenters. The minimum Gasteiger partial charge on any atom is -0.479 e. The highest BCUT2D eigenvalue weighted by atomic mass is 16.7. The molecule has 73 heavy (non-hydrogen) atoms. The van der Waals surface area contributed by atoms with Gasteiger partial charge in [0.2, 0.25) is 0 Å². The Labute approximate surface area is 440 Å². The molecule has 6 atom stereocenters. The predicted octanol–water partition coefficient (Wildman–Crippen LogP) is 13.9. The van der Waals surface area contributed by atoms with Crippen molar-refractivity contribution < 1.29 is 58.2 Å². The Hall–Kier alpha value is -4.62. The molecule has 0 aromatic heterocycles. The number of aliphatic carboxylic acids is 1. The average Bonchev–Trinajstić information content (AvgIpc) is 3.37. The van der Waals surface area contributed by atoms with Crippen LogP contribution in [0.4, 0.5) is 0 Å². The zero-order chi connectivity index (χ0) is 53.3. The summed E-state index contributed by atoms with van der Waals surface area (Å²) in [7, 11) is 0. The molecular formula is C61H96O12. The summed E-state index contributed by atoms with van der Waals surface area (Å²) >= 11 is 0. The first-order valence-corrected chi connectivity index (χ1v) is 27.9. The van der Waals surface area contributed by atoms with E-state index in [0.29, 0.717) is 25.7 Å². The van der Waals surface area contributed by atoms with Gasteiger partial charge in [0.05, 0.1) is 6.61 Å². The second kappa shape index (κ2) is 48.3. The lowest BCUT2D eigenvalue weighted by atomic mass is 9.98. The van der Waals surface area contributed by atoms with Crippen molar-refractivity contribution in [3.63, 3.8) is 0 Å². The van der Waals surface area contributed by atoms with E-state index in [-0.39, 0.29) is 25.9 Å². The van der Waals surface area contributed by atoms with Crippen molar-refractivity contribution in [2.24, 2.45) is 0 Å². The van der Waals surface area contributed by atoms with E-state index in [1.165, 1.54) is 32.1 Å². The van der Waals surface area contributed by atoms with E-state index in [1.54, 1.807) is 0 Å². The summed E-state index contributed by atoms with van der Waals surface area (Å²) in [6.45, 7) is 5.65. The molecule has 1 saturated heterocycles. The highest BCUT2D eigenvalue weighted by molar-refractivity contribution is 5.74. The maximum atomic E-state index is 13.0. The zero-order valence-electron chi connectivity index (χ0n) is 45.1. The lowest BCUT2D eigenvalue weighted by Gasteiger charge is -2.40. The molecule has 1 aliphatic heterocycles. The molecule has 1 heterocycles. The number of esters is 3. The largest absolute Gasteiger partial charge is 0.479 e. The number of aliphatic hydroxyl groups excluding tert-OH is 2. The Bertz CT molecular complexity index is 1690. The van der Waals surface area contributed by atoms with Crippen LogP contribution in [0.5, 0.6) is 0 Å².